The average Bonchev–Trinajstić information content (AvgIpc) is 3.58. The van der Waals surface area contributed by atoms with Gasteiger partial charge in [-0.2, -0.15) is 0 Å². The van der Waals surface area contributed by atoms with Gasteiger partial charge in [0.1, 0.15) is 11.6 Å². The number of aryl methyl sites for hydroxylation is 2. The van der Waals surface area contributed by atoms with Gasteiger partial charge >= 0.3 is 0 Å². The fraction of sp³-hybridized carbons (Fsp3) is 0.485. The number of aromatic nitrogens is 3. The van der Waals surface area contributed by atoms with Crippen LogP contribution < -0.4 is 4.90 Å². The molecule has 1 amide bonds. The minimum absolute atomic E-state index is 0.0273. The maximum absolute atomic E-state index is 14.5. The van der Waals surface area contributed by atoms with Gasteiger partial charge in [0.15, 0.2) is 11.6 Å². The highest BCUT2D eigenvalue weighted by Crippen LogP contribution is 2.57. The monoisotopic (exact) mass is 572 g/mol. The van der Waals surface area contributed by atoms with E-state index in [-0.39, 0.29) is 34.9 Å². The minimum Gasteiger partial charge on any atom is -0.378 e. The molecular weight excluding hydrogens is 538 g/mol. The first-order chi connectivity index (χ1) is 20.2. The zero-order valence-corrected chi connectivity index (χ0v) is 24.1. The molecule has 0 N–H and O–H groups in total. The van der Waals surface area contributed by atoms with Crippen molar-refractivity contribution in [2.45, 2.75) is 82.4 Å². The molecule has 5 aliphatic rings. The molecule has 5 fully saturated rings. The fourth-order valence-corrected chi connectivity index (χ4v) is 8.34. The van der Waals surface area contributed by atoms with Crippen molar-refractivity contribution in [3.63, 3.8) is 0 Å². The molecule has 0 spiro atoms. The van der Waals surface area contributed by atoms with Crippen LogP contribution >= 0.6 is 0 Å². The van der Waals surface area contributed by atoms with Gasteiger partial charge in [-0.1, -0.05) is 11.2 Å². The molecule has 4 aliphatic carbocycles. The SMILES string of the molecule is COC12CCC(n3c([C@@H]4C[C@@H]5C[C@@H]5C(=O)N4c4ccc(F)c(F)c4)nc4cc(-c5c(C)noc5C)ccc43)(CC1)CC2. The van der Waals surface area contributed by atoms with Crippen LogP contribution in [-0.2, 0) is 15.1 Å². The lowest BCUT2D eigenvalue weighted by Gasteiger charge is -2.54. The van der Waals surface area contributed by atoms with Crippen LogP contribution in [0.5, 0.6) is 0 Å². The number of nitrogens with zero attached hydrogens (tertiary/aromatic N) is 4. The molecule has 1 saturated heterocycles. The zero-order valence-electron chi connectivity index (χ0n) is 24.1. The molecule has 7 nitrogen and oxygen atoms in total. The van der Waals surface area contributed by atoms with Gasteiger partial charge in [0.25, 0.3) is 0 Å². The number of imidazole rings is 1. The Morgan fingerprint density at radius 3 is 2.40 bits per heavy atom. The highest BCUT2D eigenvalue weighted by molar-refractivity contribution is 5.98. The second-order valence-electron chi connectivity index (χ2n) is 13.0. The van der Waals surface area contributed by atoms with E-state index in [1.54, 1.807) is 4.90 Å². The number of amides is 1. The van der Waals surface area contributed by atoms with Gasteiger partial charge in [-0.25, -0.2) is 13.8 Å². The number of halogens is 2. The molecule has 2 aromatic heterocycles. The topological polar surface area (TPSA) is 73.4 Å². The summed E-state index contributed by atoms with van der Waals surface area (Å²) in [7, 11) is 1.83. The highest BCUT2D eigenvalue weighted by Gasteiger charge is 2.56. The van der Waals surface area contributed by atoms with Crippen molar-refractivity contribution in [2.75, 3.05) is 12.0 Å². The van der Waals surface area contributed by atoms with Crippen LogP contribution in [0, 0.1) is 37.3 Å². The minimum atomic E-state index is -0.955. The zero-order chi connectivity index (χ0) is 29.0. The number of hydrogen-bond donors (Lipinski definition) is 0. The molecule has 2 bridgehead atoms. The number of fused-ring (bicyclic) bond motifs is 5. The number of rotatable bonds is 5. The Labute approximate surface area is 242 Å². The van der Waals surface area contributed by atoms with Gasteiger partial charge in [-0.05, 0) is 101 Å². The predicted molar refractivity (Wildman–Crippen MR) is 153 cm³/mol. The second kappa shape index (κ2) is 8.96. The summed E-state index contributed by atoms with van der Waals surface area (Å²) in [6.07, 6.45) is 7.37. The first-order valence-corrected chi connectivity index (χ1v) is 15.0. The lowest BCUT2D eigenvalue weighted by atomic mass is 9.62. The van der Waals surface area contributed by atoms with Crippen molar-refractivity contribution in [3.05, 3.63) is 65.3 Å². The summed E-state index contributed by atoms with van der Waals surface area (Å²) in [5.41, 5.74) is 4.81. The van der Waals surface area contributed by atoms with Crippen LogP contribution in [0.3, 0.4) is 0 Å². The van der Waals surface area contributed by atoms with E-state index in [4.69, 9.17) is 14.2 Å². The number of carbonyl (C=O) groups is 1. The maximum atomic E-state index is 14.5. The van der Waals surface area contributed by atoms with Gasteiger partial charge < -0.3 is 18.7 Å². The Morgan fingerprint density at radius 2 is 1.74 bits per heavy atom. The molecule has 42 heavy (non-hydrogen) atoms. The molecule has 9 rings (SSSR count). The number of carbonyl (C=O) groups excluding carboxylic acids is 1. The maximum Gasteiger partial charge on any atom is 0.231 e. The van der Waals surface area contributed by atoms with E-state index in [1.807, 2.05) is 21.0 Å². The van der Waals surface area contributed by atoms with E-state index in [2.05, 4.69) is 27.9 Å². The number of piperidine rings is 1. The summed E-state index contributed by atoms with van der Waals surface area (Å²) in [5, 5.41) is 4.15. The predicted octanol–water partition coefficient (Wildman–Crippen LogP) is 7.15. The second-order valence-corrected chi connectivity index (χ2v) is 13.0. The van der Waals surface area contributed by atoms with Crippen molar-refractivity contribution < 1.29 is 22.8 Å². The van der Waals surface area contributed by atoms with Crippen molar-refractivity contribution in [1.29, 1.82) is 0 Å². The molecule has 218 valence electrons. The van der Waals surface area contributed by atoms with Gasteiger partial charge in [-0.15, -0.1) is 0 Å². The van der Waals surface area contributed by atoms with Crippen LogP contribution in [0.4, 0.5) is 14.5 Å². The lowest BCUT2D eigenvalue weighted by Crippen LogP contribution is -2.53. The molecule has 0 radical (unpaired) electrons. The van der Waals surface area contributed by atoms with Gasteiger partial charge in [0, 0.05) is 35.9 Å². The van der Waals surface area contributed by atoms with Crippen molar-refractivity contribution in [2.24, 2.45) is 11.8 Å². The van der Waals surface area contributed by atoms with E-state index in [0.29, 0.717) is 5.69 Å². The van der Waals surface area contributed by atoms with Crippen LogP contribution in [0.15, 0.2) is 40.9 Å². The molecule has 1 aliphatic heterocycles. The van der Waals surface area contributed by atoms with Crippen molar-refractivity contribution in [1.82, 2.24) is 14.7 Å². The van der Waals surface area contributed by atoms with Crippen molar-refractivity contribution >= 4 is 22.6 Å². The molecule has 3 heterocycles. The van der Waals surface area contributed by atoms with E-state index < -0.39 is 11.6 Å². The normalized spacial score (nSPS) is 30.3. The highest BCUT2D eigenvalue weighted by atomic mass is 19.2. The van der Waals surface area contributed by atoms with E-state index in [9.17, 15) is 13.6 Å². The van der Waals surface area contributed by atoms with Gasteiger partial charge in [0.2, 0.25) is 5.91 Å². The molecule has 4 aromatic rings. The van der Waals surface area contributed by atoms with Crippen LogP contribution in [0.2, 0.25) is 0 Å². The van der Waals surface area contributed by atoms with Gasteiger partial charge in [0.05, 0.1) is 28.4 Å². The summed E-state index contributed by atoms with van der Waals surface area (Å²) in [6, 6.07) is 9.73. The standard InChI is InChI=1S/C33H34F2N4O3/c1-18-29(19(2)42-37-18)20-4-7-27-26(15-20)36-30(39(27)32-8-11-33(41-3,12-9-32)13-10-32)28-16-21-14-23(21)31(40)38(28)22-5-6-24(34)25(35)17-22/h4-7,15,17,21,23,28H,8-14,16H2,1-3H3/t21-,23-,28-,32?,33?/m0/s1. The molecule has 2 aromatic carbocycles. The van der Waals surface area contributed by atoms with Crippen molar-refractivity contribution in [3.8, 4) is 11.1 Å². The summed E-state index contributed by atoms with van der Waals surface area (Å²) in [6.45, 7) is 3.85. The van der Waals surface area contributed by atoms with E-state index >= 15 is 0 Å². The van der Waals surface area contributed by atoms with Gasteiger partial charge in [-0.3, -0.25) is 4.79 Å². The van der Waals surface area contributed by atoms with E-state index in [1.165, 1.54) is 6.07 Å². The molecule has 4 saturated carbocycles. The number of methoxy groups -OCH3 is 1. The third-order valence-electron chi connectivity index (χ3n) is 10.8. The van der Waals surface area contributed by atoms with Crippen LogP contribution in [0.25, 0.3) is 22.2 Å². The number of ether oxygens (including phenoxy) is 1. The third kappa shape index (κ3) is 3.68. The third-order valence-corrected chi connectivity index (χ3v) is 10.8. The summed E-state index contributed by atoms with van der Waals surface area (Å²) < 4.78 is 42.4. The summed E-state index contributed by atoms with van der Waals surface area (Å²) >= 11 is 0. The molecule has 9 heteroatoms. The van der Waals surface area contributed by atoms with E-state index in [0.717, 1.165) is 103 Å². The quantitative estimate of drug-likeness (QED) is 0.254. The molecular formula is C33H34F2N4O3. The average molecular weight is 573 g/mol. The molecule has 3 atom stereocenters. The Balaban J connectivity index is 1.33. The Bertz CT molecular complexity index is 1720. The fourth-order valence-electron chi connectivity index (χ4n) is 8.34. The lowest BCUT2D eigenvalue weighted by molar-refractivity contribution is -0.121. The first kappa shape index (κ1) is 26.1. The number of anilines is 1. The Hall–Kier alpha value is -3.59. The number of benzene rings is 2. The Morgan fingerprint density at radius 1 is 0.976 bits per heavy atom. The van der Waals surface area contributed by atoms with Crippen LogP contribution in [-0.4, -0.2) is 33.3 Å². The number of hydrogen-bond acceptors (Lipinski definition) is 5. The largest absolute Gasteiger partial charge is 0.378 e. The van der Waals surface area contributed by atoms with Crippen LogP contribution in [0.1, 0.15) is 74.7 Å². The summed E-state index contributed by atoms with van der Waals surface area (Å²) in [4.78, 5) is 20.8. The summed E-state index contributed by atoms with van der Waals surface area (Å²) in [5.74, 6) is -0.106. The Kier molecular flexibility index (Phi) is 5.56. The first-order valence-electron chi connectivity index (χ1n) is 15.0. The molecule has 0 unspecified atom stereocenters. The smallest absolute Gasteiger partial charge is 0.231 e.